The first-order valence-electron chi connectivity index (χ1n) is 11.3. The monoisotopic (exact) mass is 498 g/mol. The molecule has 0 atom stereocenters. The maximum Gasteiger partial charge on any atom is 0.387 e. The molecular formula is C25H30F4N2O4. The number of halogens is 4. The fourth-order valence-electron chi connectivity index (χ4n) is 3.43. The highest BCUT2D eigenvalue weighted by molar-refractivity contribution is 5.94. The largest absolute Gasteiger partial charge is 0.435 e. The normalized spacial score (nSPS) is 11.0. The van der Waals surface area contributed by atoms with Crippen molar-refractivity contribution in [2.24, 2.45) is 0 Å². The zero-order valence-corrected chi connectivity index (χ0v) is 19.8. The van der Waals surface area contributed by atoms with Gasteiger partial charge in [-0.2, -0.15) is 17.6 Å². The molecule has 0 radical (unpaired) electrons. The lowest BCUT2D eigenvalue weighted by molar-refractivity contribution is -0.0505. The fraction of sp³-hybridized carbons (Fsp3) is 0.440. The van der Waals surface area contributed by atoms with Crippen molar-refractivity contribution in [2.75, 3.05) is 27.2 Å². The molecule has 2 amide bonds. The number of alkyl halides is 4. The van der Waals surface area contributed by atoms with Gasteiger partial charge in [0.05, 0.1) is 0 Å². The maximum absolute atomic E-state index is 12.4. The lowest BCUT2D eigenvalue weighted by atomic mass is 10.1. The van der Waals surface area contributed by atoms with E-state index in [1.165, 1.54) is 48.5 Å². The van der Waals surface area contributed by atoms with Crippen LogP contribution < -0.4 is 9.47 Å². The second kappa shape index (κ2) is 14.2. The Kier molecular flexibility index (Phi) is 11.3. The summed E-state index contributed by atoms with van der Waals surface area (Å²) in [5.74, 6) is -0.377. The van der Waals surface area contributed by atoms with E-state index < -0.39 is 13.2 Å². The van der Waals surface area contributed by atoms with Crippen molar-refractivity contribution < 1.29 is 36.6 Å². The molecule has 2 aromatic carbocycles. The molecule has 0 aromatic heterocycles. The number of hydrogen-bond acceptors (Lipinski definition) is 4. The van der Waals surface area contributed by atoms with Crippen LogP contribution in [0.25, 0.3) is 0 Å². The van der Waals surface area contributed by atoms with Crippen molar-refractivity contribution in [1.29, 1.82) is 0 Å². The zero-order chi connectivity index (χ0) is 25.8. The lowest BCUT2D eigenvalue weighted by Gasteiger charge is -2.18. The number of carbonyl (C=O) groups excluding carboxylic acids is 2. The van der Waals surface area contributed by atoms with E-state index in [1.807, 2.05) is 0 Å². The molecule has 0 N–H and O–H groups in total. The Hall–Kier alpha value is -3.30. The van der Waals surface area contributed by atoms with E-state index in [0.29, 0.717) is 24.2 Å². The van der Waals surface area contributed by atoms with Gasteiger partial charge >= 0.3 is 13.2 Å². The predicted octanol–water partition coefficient (Wildman–Crippen LogP) is 5.68. The summed E-state index contributed by atoms with van der Waals surface area (Å²) in [5.41, 5.74) is 0.802. The average molecular weight is 499 g/mol. The van der Waals surface area contributed by atoms with Gasteiger partial charge in [0, 0.05) is 38.3 Å². The maximum atomic E-state index is 12.4. The molecule has 0 fully saturated rings. The summed E-state index contributed by atoms with van der Waals surface area (Å²) in [6.45, 7) is -4.68. The number of unbranched alkanes of at least 4 members (excludes halogenated alkanes) is 4. The molecule has 0 unspecified atom stereocenters. The first-order chi connectivity index (χ1) is 16.7. The second-order valence-electron chi connectivity index (χ2n) is 8.03. The minimum atomic E-state index is -2.91. The van der Waals surface area contributed by atoms with E-state index in [4.69, 9.17) is 0 Å². The molecule has 0 saturated heterocycles. The van der Waals surface area contributed by atoms with Crippen LogP contribution in [0.2, 0.25) is 0 Å². The summed E-state index contributed by atoms with van der Waals surface area (Å²) in [5, 5.41) is 0. The van der Waals surface area contributed by atoms with Crippen LogP contribution in [0.1, 0.15) is 52.8 Å². The fourth-order valence-corrected chi connectivity index (χ4v) is 3.43. The zero-order valence-electron chi connectivity index (χ0n) is 19.8. The molecule has 0 aliphatic rings. The summed E-state index contributed by atoms with van der Waals surface area (Å²) < 4.78 is 57.4. The average Bonchev–Trinajstić information content (AvgIpc) is 2.82. The predicted molar refractivity (Wildman–Crippen MR) is 123 cm³/mol. The molecule has 2 rings (SSSR count). The molecule has 10 heteroatoms. The van der Waals surface area contributed by atoms with E-state index in [1.54, 1.807) is 23.9 Å². The smallest absolute Gasteiger partial charge is 0.387 e. The highest BCUT2D eigenvalue weighted by Crippen LogP contribution is 2.17. The van der Waals surface area contributed by atoms with E-state index in [9.17, 15) is 27.2 Å². The molecule has 0 aliphatic heterocycles. The third kappa shape index (κ3) is 9.84. The van der Waals surface area contributed by atoms with E-state index >= 15 is 0 Å². The molecule has 0 heterocycles. The summed E-state index contributed by atoms with van der Waals surface area (Å²) in [6, 6.07) is 11.2. The van der Waals surface area contributed by atoms with Crippen molar-refractivity contribution in [3.05, 3.63) is 59.7 Å². The van der Waals surface area contributed by atoms with Gasteiger partial charge < -0.3 is 19.3 Å². The summed E-state index contributed by atoms with van der Waals surface area (Å²) in [4.78, 5) is 28.0. The molecule has 0 bridgehead atoms. The van der Waals surface area contributed by atoms with Crippen molar-refractivity contribution in [2.45, 2.75) is 45.3 Å². The Morgan fingerprint density at radius 2 is 0.943 bits per heavy atom. The SMILES string of the molecule is CN(CCCCCCCN(C)C(=O)c1ccc(OC(F)F)cc1)C(=O)c1ccc(OC(F)F)cc1. The molecule has 6 nitrogen and oxygen atoms in total. The Morgan fingerprint density at radius 1 is 0.629 bits per heavy atom. The molecule has 192 valence electrons. The van der Waals surface area contributed by atoms with Crippen LogP contribution in [0.15, 0.2) is 48.5 Å². The van der Waals surface area contributed by atoms with Crippen molar-refractivity contribution in [3.63, 3.8) is 0 Å². The third-order valence-electron chi connectivity index (χ3n) is 5.33. The number of ether oxygens (including phenoxy) is 2. The van der Waals surface area contributed by atoms with E-state index in [2.05, 4.69) is 9.47 Å². The van der Waals surface area contributed by atoms with E-state index in [-0.39, 0.29) is 23.3 Å². The van der Waals surface area contributed by atoms with Crippen LogP contribution in [-0.4, -0.2) is 62.0 Å². The molecule has 35 heavy (non-hydrogen) atoms. The number of amides is 2. The number of rotatable bonds is 14. The van der Waals surface area contributed by atoms with Gasteiger partial charge in [-0.05, 0) is 61.4 Å². The summed E-state index contributed by atoms with van der Waals surface area (Å²) >= 11 is 0. The Labute approximate surface area is 202 Å². The van der Waals surface area contributed by atoms with Crippen LogP contribution in [0, 0.1) is 0 Å². The Morgan fingerprint density at radius 3 is 1.26 bits per heavy atom. The van der Waals surface area contributed by atoms with Crippen LogP contribution in [-0.2, 0) is 0 Å². The number of hydrogen-bond donors (Lipinski definition) is 0. The van der Waals surface area contributed by atoms with Gasteiger partial charge in [0.15, 0.2) is 0 Å². The Bertz CT molecular complexity index is 849. The van der Waals surface area contributed by atoms with Crippen molar-refractivity contribution in [3.8, 4) is 11.5 Å². The first kappa shape index (κ1) is 27.9. The topological polar surface area (TPSA) is 59.1 Å². The van der Waals surface area contributed by atoms with E-state index in [0.717, 1.165) is 32.1 Å². The van der Waals surface area contributed by atoms with Crippen molar-refractivity contribution >= 4 is 11.8 Å². The lowest BCUT2D eigenvalue weighted by Crippen LogP contribution is -2.28. The van der Waals surface area contributed by atoms with Crippen molar-refractivity contribution in [1.82, 2.24) is 9.80 Å². The number of benzene rings is 2. The standard InChI is InChI=1S/C25H30F4N2O4/c1-30(22(32)18-8-12-20(13-9-18)34-24(26)27)16-6-4-3-5-7-17-31(2)23(33)19-10-14-21(15-11-19)35-25(28)29/h8-15,24-25H,3-7,16-17H2,1-2H3. The molecule has 2 aromatic rings. The molecule has 0 saturated carbocycles. The highest BCUT2D eigenvalue weighted by Gasteiger charge is 2.14. The van der Waals surface area contributed by atoms with Gasteiger partial charge in [0.25, 0.3) is 11.8 Å². The third-order valence-corrected chi connectivity index (χ3v) is 5.33. The molecule has 0 aliphatic carbocycles. The van der Waals surface area contributed by atoms with Crippen LogP contribution in [0.3, 0.4) is 0 Å². The minimum absolute atomic E-state index is 0.00363. The molecular weight excluding hydrogens is 468 g/mol. The van der Waals surface area contributed by atoms with Crippen LogP contribution in [0.5, 0.6) is 11.5 Å². The van der Waals surface area contributed by atoms with Gasteiger partial charge in [0.1, 0.15) is 11.5 Å². The minimum Gasteiger partial charge on any atom is -0.435 e. The first-order valence-corrected chi connectivity index (χ1v) is 11.3. The van der Waals surface area contributed by atoms with Gasteiger partial charge in [-0.1, -0.05) is 19.3 Å². The van der Waals surface area contributed by atoms with Gasteiger partial charge in [0.2, 0.25) is 0 Å². The highest BCUT2D eigenvalue weighted by atomic mass is 19.3. The summed E-state index contributed by atoms with van der Waals surface area (Å²) in [7, 11) is 3.39. The van der Waals surface area contributed by atoms with Gasteiger partial charge in [-0.15, -0.1) is 0 Å². The quantitative estimate of drug-likeness (QED) is 0.248. The second-order valence-corrected chi connectivity index (χ2v) is 8.03. The number of nitrogens with zero attached hydrogens (tertiary/aromatic N) is 2. The summed E-state index contributed by atoms with van der Waals surface area (Å²) in [6.07, 6.45) is 4.42. The van der Waals surface area contributed by atoms with Crippen LogP contribution in [0.4, 0.5) is 17.6 Å². The van der Waals surface area contributed by atoms with Gasteiger partial charge in [-0.25, -0.2) is 0 Å². The Balaban J connectivity index is 1.61. The molecule has 0 spiro atoms. The van der Waals surface area contributed by atoms with Crippen LogP contribution >= 0.6 is 0 Å². The van der Waals surface area contributed by atoms with Gasteiger partial charge in [-0.3, -0.25) is 9.59 Å². The number of carbonyl (C=O) groups is 2.